The SMILES string of the molecule is CC1CCC(C(=O)c2ccc(Br)cc2N)CC1C. The Hall–Kier alpha value is -0.830. The van der Waals surface area contributed by atoms with Crippen molar-refractivity contribution in [3.63, 3.8) is 0 Å². The summed E-state index contributed by atoms with van der Waals surface area (Å²) < 4.78 is 0.919. The van der Waals surface area contributed by atoms with Crippen LogP contribution in [0.5, 0.6) is 0 Å². The predicted octanol–water partition coefficient (Wildman–Crippen LogP) is 4.29. The summed E-state index contributed by atoms with van der Waals surface area (Å²) in [5, 5.41) is 0. The number of ketones is 1. The zero-order chi connectivity index (χ0) is 13.3. The van der Waals surface area contributed by atoms with Crippen molar-refractivity contribution in [1.29, 1.82) is 0 Å². The maximum Gasteiger partial charge on any atom is 0.168 e. The molecule has 3 atom stereocenters. The smallest absolute Gasteiger partial charge is 0.168 e. The number of nitrogens with two attached hydrogens (primary N) is 1. The lowest BCUT2D eigenvalue weighted by atomic mass is 9.73. The zero-order valence-corrected chi connectivity index (χ0v) is 12.5. The summed E-state index contributed by atoms with van der Waals surface area (Å²) in [6.07, 6.45) is 3.14. The Morgan fingerprint density at radius 3 is 2.61 bits per heavy atom. The third-order valence-corrected chi connectivity index (χ3v) is 4.74. The van der Waals surface area contributed by atoms with Gasteiger partial charge in [-0.15, -0.1) is 0 Å². The molecule has 1 saturated carbocycles. The van der Waals surface area contributed by atoms with Gasteiger partial charge in [0, 0.05) is 21.6 Å². The molecule has 18 heavy (non-hydrogen) atoms. The summed E-state index contributed by atoms with van der Waals surface area (Å²) in [5.74, 6) is 1.74. The van der Waals surface area contributed by atoms with Crippen LogP contribution in [0.2, 0.25) is 0 Å². The quantitative estimate of drug-likeness (QED) is 0.654. The monoisotopic (exact) mass is 309 g/mol. The Morgan fingerprint density at radius 1 is 1.28 bits per heavy atom. The molecule has 1 aliphatic carbocycles. The highest BCUT2D eigenvalue weighted by molar-refractivity contribution is 9.10. The van der Waals surface area contributed by atoms with Gasteiger partial charge in [-0.3, -0.25) is 4.79 Å². The number of carbonyl (C=O) groups excluding carboxylic acids is 1. The number of hydrogen-bond donors (Lipinski definition) is 1. The van der Waals surface area contributed by atoms with E-state index in [-0.39, 0.29) is 11.7 Å². The fourth-order valence-electron chi connectivity index (χ4n) is 2.76. The van der Waals surface area contributed by atoms with Crippen LogP contribution in [0.4, 0.5) is 5.69 Å². The molecule has 98 valence electrons. The standard InChI is InChI=1S/C15H20BrNO/c1-9-3-4-11(7-10(9)2)15(18)13-6-5-12(16)8-14(13)17/h5-6,8-11H,3-4,7,17H2,1-2H3. The van der Waals surface area contributed by atoms with Crippen molar-refractivity contribution in [2.75, 3.05) is 5.73 Å². The van der Waals surface area contributed by atoms with E-state index in [0.717, 1.165) is 29.7 Å². The molecule has 3 unspecified atom stereocenters. The molecular weight excluding hydrogens is 290 g/mol. The van der Waals surface area contributed by atoms with E-state index in [1.165, 1.54) is 0 Å². The summed E-state index contributed by atoms with van der Waals surface area (Å²) in [6.45, 7) is 4.52. The van der Waals surface area contributed by atoms with Crippen LogP contribution in [0.25, 0.3) is 0 Å². The topological polar surface area (TPSA) is 43.1 Å². The van der Waals surface area contributed by atoms with Crippen LogP contribution in [0.3, 0.4) is 0 Å². The molecule has 0 aromatic heterocycles. The molecule has 0 saturated heterocycles. The van der Waals surface area contributed by atoms with Crippen molar-refractivity contribution in [3.05, 3.63) is 28.2 Å². The van der Waals surface area contributed by atoms with Crippen LogP contribution >= 0.6 is 15.9 Å². The Kier molecular flexibility index (Phi) is 4.10. The van der Waals surface area contributed by atoms with Crippen molar-refractivity contribution in [3.8, 4) is 0 Å². The lowest BCUT2D eigenvalue weighted by molar-refractivity contribution is 0.0838. The fraction of sp³-hybridized carbons (Fsp3) is 0.533. The second-order valence-electron chi connectivity index (χ2n) is 5.56. The lowest BCUT2D eigenvalue weighted by Gasteiger charge is -2.31. The summed E-state index contributed by atoms with van der Waals surface area (Å²) in [6, 6.07) is 5.53. The minimum absolute atomic E-state index is 0.152. The zero-order valence-electron chi connectivity index (χ0n) is 10.9. The molecule has 1 aliphatic rings. The molecule has 2 rings (SSSR count). The second-order valence-corrected chi connectivity index (χ2v) is 6.48. The minimum Gasteiger partial charge on any atom is -0.398 e. The summed E-state index contributed by atoms with van der Waals surface area (Å²) in [4.78, 5) is 12.5. The number of benzene rings is 1. The predicted molar refractivity (Wildman–Crippen MR) is 78.6 cm³/mol. The number of rotatable bonds is 2. The van der Waals surface area contributed by atoms with Gasteiger partial charge in [0.1, 0.15) is 0 Å². The normalized spacial score (nSPS) is 28.1. The molecule has 3 heteroatoms. The van der Waals surface area contributed by atoms with Gasteiger partial charge >= 0.3 is 0 Å². The molecule has 2 N–H and O–H groups in total. The van der Waals surface area contributed by atoms with E-state index in [1.54, 1.807) is 0 Å². The maximum absolute atomic E-state index is 12.5. The first-order chi connectivity index (χ1) is 8.49. The highest BCUT2D eigenvalue weighted by Crippen LogP contribution is 2.36. The number of halogens is 1. The van der Waals surface area contributed by atoms with Crippen LogP contribution in [-0.2, 0) is 0 Å². The Bertz CT molecular complexity index is 458. The molecule has 0 bridgehead atoms. The summed E-state index contributed by atoms with van der Waals surface area (Å²) >= 11 is 3.37. The molecular formula is C15H20BrNO. The first kappa shape index (κ1) is 13.6. The minimum atomic E-state index is 0.152. The molecule has 2 nitrogen and oxygen atoms in total. The van der Waals surface area contributed by atoms with Gasteiger partial charge in [-0.1, -0.05) is 29.8 Å². The van der Waals surface area contributed by atoms with E-state index in [1.807, 2.05) is 18.2 Å². The second kappa shape index (κ2) is 5.43. The van der Waals surface area contributed by atoms with Gasteiger partial charge in [0.05, 0.1) is 0 Å². The van der Waals surface area contributed by atoms with Crippen LogP contribution < -0.4 is 5.73 Å². The molecule has 0 amide bonds. The van der Waals surface area contributed by atoms with E-state index in [4.69, 9.17) is 5.73 Å². The van der Waals surface area contributed by atoms with E-state index in [2.05, 4.69) is 29.8 Å². The average Bonchev–Trinajstić information content (AvgIpc) is 2.32. The molecule has 1 aromatic rings. The van der Waals surface area contributed by atoms with Gasteiger partial charge in [0.25, 0.3) is 0 Å². The van der Waals surface area contributed by atoms with Crippen molar-refractivity contribution >= 4 is 27.4 Å². The van der Waals surface area contributed by atoms with Crippen LogP contribution in [-0.4, -0.2) is 5.78 Å². The number of anilines is 1. The fourth-order valence-corrected chi connectivity index (χ4v) is 3.14. The highest BCUT2D eigenvalue weighted by atomic mass is 79.9. The molecule has 0 radical (unpaired) electrons. The summed E-state index contributed by atoms with van der Waals surface area (Å²) in [5.41, 5.74) is 7.21. The molecule has 0 aliphatic heterocycles. The van der Waals surface area contributed by atoms with Crippen molar-refractivity contribution in [1.82, 2.24) is 0 Å². The van der Waals surface area contributed by atoms with Gasteiger partial charge in [-0.25, -0.2) is 0 Å². The van der Waals surface area contributed by atoms with Gasteiger partial charge in [0.15, 0.2) is 5.78 Å². The van der Waals surface area contributed by atoms with E-state index in [9.17, 15) is 4.79 Å². The first-order valence-corrected chi connectivity index (χ1v) is 7.37. The maximum atomic E-state index is 12.5. The summed E-state index contributed by atoms with van der Waals surface area (Å²) in [7, 11) is 0. The number of carbonyl (C=O) groups is 1. The average molecular weight is 310 g/mol. The molecule has 1 aromatic carbocycles. The van der Waals surface area contributed by atoms with Gasteiger partial charge in [-0.05, 0) is 49.3 Å². The highest BCUT2D eigenvalue weighted by Gasteiger charge is 2.30. The third-order valence-electron chi connectivity index (χ3n) is 4.25. The molecule has 0 heterocycles. The van der Waals surface area contributed by atoms with Crippen LogP contribution in [0, 0.1) is 17.8 Å². The third kappa shape index (κ3) is 2.77. The first-order valence-electron chi connectivity index (χ1n) is 6.58. The number of nitrogen functional groups attached to an aromatic ring is 1. The Morgan fingerprint density at radius 2 is 2.00 bits per heavy atom. The van der Waals surface area contributed by atoms with Crippen LogP contribution in [0.1, 0.15) is 43.5 Å². The Labute approximate surface area is 117 Å². The Balaban J connectivity index is 2.16. The van der Waals surface area contributed by atoms with E-state index in [0.29, 0.717) is 17.2 Å². The van der Waals surface area contributed by atoms with E-state index >= 15 is 0 Å². The van der Waals surface area contributed by atoms with Crippen LogP contribution in [0.15, 0.2) is 22.7 Å². The molecule has 0 spiro atoms. The van der Waals surface area contributed by atoms with Crippen molar-refractivity contribution in [2.45, 2.75) is 33.1 Å². The number of hydrogen-bond acceptors (Lipinski definition) is 2. The largest absolute Gasteiger partial charge is 0.398 e. The van der Waals surface area contributed by atoms with E-state index < -0.39 is 0 Å². The van der Waals surface area contributed by atoms with Gasteiger partial charge < -0.3 is 5.73 Å². The lowest BCUT2D eigenvalue weighted by Crippen LogP contribution is -2.27. The van der Waals surface area contributed by atoms with Gasteiger partial charge in [-0.2, -0.15) is 0 Å². The number of Topliss-reactive ketones (excluding diaryl/α,β-unsaturated/α-hetero) is 1. The van der Waals surface area contributed by atoms with Gasteiger partial charge in [0.2, 0.25) is 0 Å². The van der Waals surface area contributed by atoms with Crippen molar-refractivity contribution in [2.24, 2.45) is 17.8 Å². The molecule has 1 fully saturated rings. The van der Waals surface area contributed by atoms with Crippen molar-refractivity contribution < 1.29 is 4.79 Å².